The minimum atomic E-state index is 0.139. The molecular formula is C31H14Cl6N10. The van der Waals surface area contributed by atoms with Gasteiger partial charge < -0.3 is 15.0 Å². The van der Waals surface area contributed by atoms with Crippen LogP contribution in [0, 0.1) is 0 Å². The predicted molar refractivity (Wildman–Crippen MR) is 188 cm³/mol. The Morgan fingerprint density at radius 2 is 0.638 bits per heavy atom. The Kier molecular flexibility index (Phi) is 7.52. The first-order chi connectivity index (χ1) is 22.8. The average Bonchev–Trinajstić information content (AvgIpc) is 3.86. The van der Waals surface area contributed by atoms with E-state index in [1.807, 2.05) is 48.6 Å². The molecule has 230 valence electrons. The molecule has 16 heteroatoms. The number of fused-ring (bicyclic) bond motifs is 9. The van der Waals surface area contributed by atoms with E-state index < -0.39 is 0 Å². The monoisotopic (exact) mass is 736 g/mol. The molecule has 1 aliphatic rings. The van der Waals surface area contributed by atoms with Crippen molar-refractivity contribution in [1.82, 2.24) is 49.8 Å². The van der Waals surface area contributed by atoms with Crippen LogP contribution in [0.1, 0.15) is 11.4 Å². The van der Waals surface area contributed by atoms with Gasteiger partial charge in [-0.05, 0) is 48.6 Å². The topological polar surface area (TPSA) is 138 Å². The highest BCUT2D eigenvalue weighted by Gasteiger charge is 2.22. The van der Waals surface area contributed by atoms with Crippen LogP contribution in [-0.2, 0) is 0 Å². The normalized spacial score (nSPS) is 12.0. The smallest absolute Gasteiger partial charge is 0.141 e. The van der Waals surface area contributed by atoms with E-state index in [0.29, 0.717) is 72.4 Å². The van der Waals surface area contributed by atoms with Gasteiger partial charge in [0.15, 0.2) is 0 Å². The highest BCUT2D eigenvalue weighted by Crippen LogP contribution is 2.42. The van der Waals surface area contributed by atoms with Crippen molar-refractivity contribution in [3.05, 3.63) is 97.7 Å². The van der Waals surface area contributed by atoms with Gasteiger partial charge in [-0.15, -0.1) is 0 Å². The summed E-state index contributed by atoms with van der Waals surface area (Å²) < 4.78 is 0. The van der Waals surface area contributed by atoms with Crippen LogP contribution in [0.3, 0.4) is 0 Å². The maximum absolute atomic E-state index is 6.69. The van der Waals surface area contributed by atoms with Crippen molar-refractivity contribution in [1.29, 1.82) is 0 Å². The summed E-state index contributed by atoms with van der Waals surface area (Å²) in [5, 5.41) is 0.912. The third-order valence-corrected chi connectivity index (χ3v) is 9.31. The molecule has 47 heavy (non-hydrogen) atoms. The summed E-state index contributed by atoms with van der Waals surface area (Å²) in [6.07, 6.45) is 7.63. The van der Waals surface area contributed by atoms with Crippen LogP contribution >= 0.6 is 69.6 Å². The first-order valence-corrected chi connectivity index (χ1v) is 15.9. The minimum absolute atomic E-state index is 0.139. The van der Waals surface area contributed by atoms with E-state index >= 15 is 0 Å². The largest absolute Gasteiger partial charge is 0.354 e. The van der Waals surface area contributed by atoms with Crippen LogP contribution in [0.2, 0.25) is 30.9 Å². The summed E-state index contributed by atoms with van der Waals surface area (Å²) in [4.78, 5) is 40.7. The number of hydrogen-bond acceptors (Lipinski definition) is 7. The molecule has 0 atom stereocenters. The Bertz CT molecular complexity index is 2510. The first-order valence-electron chi connectivity index (χ1n) is 13.6. The van der Waals surface area contributed by atoms with Crippen molar-refractivity contribution in [2.24, 2.45) is 0 Å². The van der Waals surface area contributed by atoms with E-state index in [9.17, 15) is 0 Å². The molecule has 3 N–H and O–H groups in total. The van der Waals surface area contributed by atoms with Crippen molar-refractivity contribution in [3.8, 4) is 33.4 Å². The number of rotatable bonds is 3. The number of aromatic amines is 3. The SMILES string of the molecule is Clc1ncnc(Cl)c1-c1c2nc(c3ccc([nH]3)c(-c3c(Cl)ncnc3Cl)c3ccc([nH]3)c(-c3c(Cl)ncnc3Cl)c3ccc1[nH]3)C=C2. The molecule has 0 saturated carbocycles. The Morgan fingerprint density at radius 3 is 1.04 bits per heavy atom. The van der Waals surface area contributed by atoms with Gasteiger partial charge >= 0.3 is 0 Å². The van der Waals surface area contributed by atoms with E-state index in [1.165, 1.54) is 19.0 Å². The Hall–Kier alpha value is -4.29. The third kappa shape index (κ3) is 5.09. The lowest BCUT2D eigenvalue weighted by Crippen LogP contribution is -1.92. The zero-order valence-corrected chi connectivity index (χ0v) is 27.8. The zero-order valence-electron chi connectivity index (χ0n) is 23.2. The lowest BCUT2D eigenvalue weighted by atomic mass is 10.1. The van der Waals surface area contributed by atoms with E-state index in [2.05, 4.69) is 44.9 Å². The van der Waals surface area contributed by atoms with Gasteiger partial charge in [0.1, 0.15) is 49.9 Å². The van der Waals surface area contributed by atoms with Crippen LogP contribution < -0.4 is 0 Å². The van der Waals surface area contributed by atoms with Gasteiger partial charge in [0.05, 0.1) is 33.6 Å². The highest BCUT2D eigenvalue weighted by atomic mass is 35.5. The standard InChI is InChI=1S/C31H14Cl6N10/c32-26-23(27(33)39-9-38-26)20-14-3-1-12(44-14)13-2-4-15(45-13)21(24-28(34)40-10-41-29(24)35)17-6-8-19(47-17)22(18-7-5-16(20)46-18)25-30(36)42-11-43-31(25)37/h1-11,44,46-47H. The van der Waals surface area contributed by atoms with Gasteiger partial charge in [0, 0.05) is 44.3 Å². The molecule has 8 bridgehead atoms. The Morgan fingerprint density at radius 1 is 0.340 bits per heavy atom. The summed E-state index contributed by atoms with van der Waals surface area (Å²) in [5.41, 5.74) is 8.03. The molecule has 0 saturated heterocycles. The number of nitrogens with one attached hydrogen (secondary N) is 3. The van der Waals surface area contributed by atoms with Crippen LogP contribution in [-0.4, -0.2) is 49.8 Å². The molecular weight excluding hydrogens is 725 g/mol. The van der Waals surface area contributed by atoms with E-state index in [0.717, 1.165) is 5.52 Å². The van der Waals surface area contributed by atoms with Crippen LogP contribution in [0.5, 0.6) is 0 Å². The second-order valence-corrected chi connectivity index (χ2v) is 12.3. The summed E-state index contributed by atoms with van der Waals surface area (Å²) >= 11 is 40.0. The quantitative estimate of drug-likeness (QED) is 0.153. The molecule has 0 aromatic carbocycles. The average molecular weight is 739 g/mol. The molecule has 0 unspecified atom stereocenters. The fourth-order valence-electron chi connectivity index (χ4n) is 5.60. The number of aromatic nitrogens is 10. The molecule has 0 amide bonds. The van der Waals surface area contributed by atoms with Crippen molar-refractivity contribution in [2.45, 2.75) is 0 Å². The van der Waals surface area contributed by atoms with E-state index in [-0.39, 0.29) is 30.9 Å². The summed E-state index contributed by atoms with van der Waals surface area (Å²) in [5.74, 6) is 0. The molecule has 1 aliphatic heterocycles. The second-order valence-electron chi connectivity index (χ2n) is 10.2. The maximum atomic E-state index is 6.69. The van der Waals surface area contributed by atoms with Gasteiger partial charge in [-0.1, -0.05) is 69.6 Å². The summed E-state index contributed by atoms with van der Waals surface area (Å²) in [6.45, 7) is 0. The van der Waals surface area contributed by atoms with E-state index in [4.69, 9.17) is 74.6 Å². The summed E-state index contributed by atoms with van der Waals surface area (Å²) in [6, 6.07) is 11.3. The molecule has 0 fully saturated rings. The van der Waals surface area contributed by atoms with Crippen molar-refractivity contribution >= 4 is 115 Å². The van der Waals surface area contributed by atoms with Gasteiger partial charge in [-0.25, -0.2) is 34.9 Å². The van der Waals surface area contributed by atoms with E-state index in [1.54, 1.807) is 0 Å². The van der Waals surface area contributed by atoms with Gasteiger partial charge in [-0.3, -0.25) is 0 Å². The molecule has 8 heterocycles. The van der Waals surface area contributed by atoms with Crippen molar-refractivity contribution in [3.63, 3.8) is 0 Å². The molecule has 7 aromatic rings. The fraction of sp³-hybridized carbons (Fsp3) is 0. The van der Waals surface area contributed by atoms with Crippen LogP contribution in [0.25, 0.3) is 78.6 Å². The zero-order chi connectivity index (χ0) is 32.4. The lowest BCUT2D eigenvalue weighted by molar-refractivity contribution is 1.17. The fourth-order valence-corrected chi connectivity index (χ4v) is 7.11. The Labute approximate surface area is 294 Å². The van der Waals surface area contributed by atoms with Crippen molar-refractivity contribution < 1.29 is 0 Å². The Balaban J connectivity index is 1.62. The molecule has 7 aromatic heterocycles. The highest BCUT2D eigenvalue weighted by molar-refractivity contribution is 6.40. The number of halogens is 6. The second kappa shape index (κ2) is 11.7. The number of hydrogen-bond donors (Lipinski definition) is 3. The minimum Gasteiger partial charge on any atom is -0.354 e. The number of H-pyrrole nitrogens is 3. The van der Waals surface area contributed by atoms with Gasteiger partial charge in [0.2, 0.25) is 0 Å². The van der Waals surface area contributed by atoms with Crippen molar-refractivity contribution in [2.75, 3.05) is 0 Å². The first kappa shape index (κ1) is 30.1. The molecule has 0 radical (unpaired) electrons. The molecule has 10 nitrogen and oxygen atoms in total. The van der Waals surface area contributed by atoms with Crippen LogP contribution in [0.15, 0.2) is 55.4 Å². The molecule has 0 aliphatic carbocycles. The third-order valence-electron chi connectivity index (χ3n) is 7.59. The number of nitrogens with zero attached hydrogens (tertiary/aromatic N) is 7. The lowest BCUT2D eigenvalue weighted by Gasteiger charge is -2.08. The van der Waals surface area contributed by atoms with Gasteiger partial charge in [-0.2, -0.15) is 0 Å². The predicted octanol–water partition coefficient (Wildman–Crippen LogP) is 9.99. The van der Waals surface area contributed by atoms with Crippen LogP contribution in [0.4, 0.5) is 0 Å². The molecule has 0 spiro atoms. The molecule has 8 rings (SSSR count). The summed E-state index contributed by atoms with van der Waals surface area (Å²) in [7, 11) is 0. The van der Waals surface area contributed by atoms with Gasteiger partial charge in [0.25, 0.3) is 0 Å². The maximum Gasteiger partial charge on any atom is 0.141 e.